The molecule has 0 radical (unpaired) electrons. The Bertz CT molecular complexity index is 512. The van der Waals surface area contributed by atoms with Crippen LogP contribution in [0.5, 0.6) is 5.75 Å². The zero-order valence-corrected chi connectivity index (χ0v) is 14.8. The number of rotatable bonds is 5. The van der Waals surface area contributed by atoms with Gasteiger partial charge >= 0.3 is 0 Å². The number of piperazine rings is 1. The molecule has 23 heavy (non-hydrogen) atoms. The highest BCUT2D eigenvalue weighted by Gasteiger charge is 2.34. The van der Waals surface area contributed by atoms with Crippen molar-refractivity contribution in [1.29, 1.82) is 0 Å². The fourth-order valence-electron chi connectivity index (χ4n) is 3.88. The van der Waals surface area contributed by atoms with Gasteiger partial charge in [-0.15, -0.1) is 0 Å². The van der Waals surface area contributed by atoms with Gasteiger partial charge in [-0.2, -0.15) is 0 Å². The molecular weight excluding hydrogens is 288 g/mol. The lowest BCUT2D eigenvalue weighted by Gasteiger charge is -2.48. The maximum atomic E-state index is 5.50. The van der Waals surface area contributed by atoms with Crippen molar-refractivity contribution >= 4 is 5.69 Å². The van der Waals surface area contributed by atoms with E-state index in [0.717, 1.165) is 44.5 Å². The molecule has 4 nitrogen and oxygen atoms in total. The van der Waals surface area contributed by atoms with Crippen molar-refractivity contribution in [3.63, 3.8) is 0 Å². The standard InChI is InChI=1S/C19H30N2O2/c1-19(2)15-20(9-7-16-8-12-23-14-16)10-11-21(19)17-5-4-6-18(13-17)22-3/h4-6,13,16H,7-12,14-15H2,1-3H3/t16-/m0/s1. The first kappa shape index (κ1) is 16.6. The second-order valence-electron chi connectivity index (χ2n) is 7.46. The van der Waals surface area contributed by atoms with E-state index in [1.54, 1.807) is 7.11 Å². The van der Waals surface area contributed by atoms with Gasteiger partial charge < -0.3 is 14.4 Å². The predicted octanol–water partition coefficient (Wildman–Crippen LogP) is 3.02. The summed E-state index contributed by atoms with van der Waals surface area (Å²) in [6.07, 6.45) is 2.52. The van der Waals surface area contributed by atoms with Crippen LogP contribution in [-0.4, -0.2) is 56.9 Å². The molecule has 1 aromatic rings. The normalized spacial score (nSPS) is 24.8. The molecule has 2 fully saturated rings. The van der Waals surface area contributed by atoms with Crippen molar-refractivity contribution in [2.75, 3.05) is 51.4 Å². The van der Waals surface area contributed by atoms with E-state index in [1.807, 2.05) is 6.07 Å². The topological polar surface area (TPSA) is 24.9 Å². The smallest absolute Gasteiger partial charge is 0.120 e. The maximum Gasteiger partial charge on any atom is 0.120 e. The van der Waals surface area contributed by atoms with E-state index >= 15 is 0 Å². The molecular formula is C19H30N2O2. The molecule has 0 aromatic heterocycles. The summed E-state index contributed by atoms with van der Waals surface area (Å²) in [6.45, 7) is 11.1. The Morgan fingerprint density at radius 3 is 2.87 bits per heavy atom. The van der Waals surface area contributed by atoms with E-state index in [-0.39, 0.29) is 5.54 Å². The first-order chi connectivity index (χ1) is 11.1. The monoisotopic (exact) mass is 318 g/mol. The molecule has 0 saturated carbocycles. The van der Waals surface area contributed by atoms with Crippen molar-refractivity contribution in [3.05, 3.63) is 24.3 Å². The molecule has 128 valence electrons. The number of benzene rings is 1. The molecule has 3 rings (SSSR count). The fraction of sp³-hybridized carbons (Fsp3) is 0.684. The Hall–Kier alpha value is -1.26. The summed E-state index contributed by atoms with van der Waals surface area (Å²) in [5, 5.41) is 0. The highest BCUT2D eigenvalue weighted by molar-refractivity contribution is 5.53. The summed E-state index contributed by atoms with van der Waals surface area (Å²) in [5.74, 6) is 1.71. The summed E-state index contributed by atoms with van der Waals surface area (Å²) >= 11 is 0. The Labute approximate surface area is 140 Å². The third kappa shape index (κ3) is 3.99. The minimum atomic E-state index is 0.136. The van der Waals surface area contributed by atoms with Crippen molar-refractivity contribution in [2.45, 2.75) is 32.2 Å². The molecule has 0 unspecified atom stereocenters. The van der Waals surface area contributed by atoms with Crippen LogP contribution in [0.25, 0.3) is 0 Å². The number of ether oxygens (including phenoxy) is 2. The van der Waals surface area contributed by atoms with Crippen LogP contribution in [0.1, 0.15) is 26.7 Å². The van der Waals surface area contributed by atoms with Crippen molar-refractivity contribution in [1.82, 2.24) is 4.90 Å². The van der Waals surface area contributed by atoms with E-state index < -0.39 is 0 Å². The molecule has 2 saturated heterocycles. The quantitative estimate of drug-likeness (QED) is 0.833. The summed E-state index contributed by atoms with van der Waals surface area (Å²) in [6, 6.07) is 8.43. The first-order valence-electron chi connectivity index (χ1n) is 8.80. The molecule has 4 heteroatoms. The van der Waals surface area contributed by atoms with Gasteiger partial charge in [-0.05, 0) is 51.3 Å². The number of methoxy groups -OCH3 is 1. The second kappa shape index (κ2) is 7.10. The second-order valence-corrected chi connectivity index (χ2v) is 7.46. The van der Waals surface area contributed by atoms with Crippen LogP contribution in [0.3, 0.4) is 0 Å². The highest BCUT2D eigenvalue weighted by atomic mass is 16.5. The molecule has 0 N–H and O–H groups in total. The molecule has 0 amide bonds. The van der Waals surface area contributed by atoms with Crippen LogP contribution in [-0.2, 0) is 4.74 Å². The zero-order chi connectivity index (χ0) is 16.3. The first-order valence-corrected chi connectivity index (χ1v) is 8.80. The van der Waals surface area contributed by atoms with Gasteiger partial charge in [0.25, 0.3) is 0 Å². The lowest BCUT2D eigenvalue weighted by molar-refractivity contribution is 0.158. The van der Waals surface area contributed by atoms with Crippen LogP contribution in [0, 0.1) is 5.92 Å². The number of nitrogens with zero attached hydrogens (tertiary/aromatic N) is 2. The van der Waals surface area contributed by atoms with Gasteiger partial charge in [0.15, 0.2) is 0 Å². The average Bonchev–Trinajstić information content (AvgIpc) is 3.05. The minimum Gasteiger partial charge on any atom is -0.497 e. The third-order valence-corrected chi connectivity index (χ3v) is 5.22. The van der Waals surface area contributed by atoms with Crippen LogP contribution in [0.2, 0.25) is 0 Å². The highest BCUT2D eigenvalue weighted by Crippen LogP contribution is 2.30. The number of hydrogen-bond acceptors (Lipinski definition) is 4. The summed E-state index contributed by atoms with van der Waals surface area (Å²) in [7, 11) is 1.73. The van der Waals surface area contributed by atoms with Crippen molar-refractivity contribution in [3.8, 4) is 5.75 Å². The Morgan fingerprint density at radius 1 is 1.30 bits per heavy atom. The van der Waals surface area contributed by atoms with E-state index in [0.29, 0.717) is 0 Å². The number of hydrogen-bond donors (Lipinski definition) is 0. The van der Waals surface area contributed by atoms with Gasteiger partial charge in [0.1, 0.15) is 5.75 Å². The van der Waals surface area contributed by atoms with Gasteiger partial charge in [-0.3, -0.25) is 4.90 Å². The fourth-order valence-corrected chi connectivity index (χ4v) is 3.88. The molecule has 0 bridgehead atoms. The Morgan fingerprint density at radius 2 is 2.17 bits per heavy atom. The van der Waals surface area contributed by atoms with Gasteiger partial charge in [-0.1, -0.05) is 6.07 Å². The summed E-state index contributed by atoms with van der Waals surface area (Å²) < 4.78 is 10.9. The molecule has 0 spiro atoms. The zero-order valence-electron chi connectivity index (χ0n) is 14.8. The van der Waals surface area contributed by atoms with Crippen molar-refractivity contribution in [2.24, 2.45) is 5.92 Å². The molecule has 1 atom stereocenters. The predicted molar refractivity (Wildman–Crippen MR) is 94.4 cm³/mol. The maximum absolute atomic E-state index is 5.50. The largest absolute Gasteiger partial charge is 0.497 e. The van der Waals surface area contributed by atoms with Gasteiger partial charge in [0.2, 0.25) is 0 Å². The van der Waals surface area contributed by atoms with Gasteiger partial charge in [0, 0.05) is 50.1 Å². The van der Waals surface area contributed by atoms with E-state index in [4.69, 9.17) is 9.47 Å². The van der Waals surface area contributed by atoms with Gasteiger partial charge in [0.05, 0.1) is 7.11 Å². The van der Waals surface area contributed by atoms with Crippen LogP contribution < -0.4 is 9.64 Å². The van der Waals surface area contributed by atoms with E-state index in [9.17, 15) is 0 Å². The number of anilines is 1. The van der Waals surface area contributed by atoms with Crippen molar-refractivity contribution < 1.29 is 9.47 Å². The molecule has 2 aliphatic rings. The van der Waals surface area contributed by atoms with Crippen LogP contribution in [0.15, 0.2) is 24.3 Å². The molecule has 2 heterocycles. The van der Waals surface area contributed by atoms with E-state index in [2.05, 4.69) is 41.8 Å². The molecule has 1 aromatic carbocycles. The Kier molecular flexibility index (Phi) is 5.12. The lowest BCUT2D eigenvalue weighted by Crippen LogP contribution is -2.59. The van der Waals surface area contributed by atoms with Crippen LogP contribution >= 0.6 is 0 Å². The lowest BCUT2D eigenvalue weighted by atomic mass is 9.96. The van der Waals surface area contributed by atoms with Crippen LogP contribution in [0.4, 0.5) is 5.69 Å². The summed E-state index contributed by atoms with van der Waals surface area (Å²) in [5.41, 5.74) is 1.40. The Balaban J connectivity index is 1.60. The summed E-state index contributed by atoms with van der Waals surface area (Å²) in [4.78, 5) is 5.14. The molecule has 0 aliphatic carbocycles. The van der Waals surface area contributed by atoms with E-state index in [1.165, 1.54) is 25.1 Å². The minimum absolute atomic E-state index is 0.136. The average molecular weight is 318 g/mol. The SMILES string of the molecule is COc1cccc(N2CCN(CC[C@H]3CCOC3)CC2(C)C)c1. The third-order valence-electron chi connectivity index (χ3n) is 5.22. The van der Waals surface area contributed by atoms with Gasteiger partial charge in [-0.25, -0.2) is 0 Å². The molecule has 2 aliphatic heterocycles.